The molecule has 1 aromatic heterocycles. The van der Waals surface area contributed by atoms with E-state index in [2.05, 4.69) is 16.8 Å². The SMILES string of the molecule is CCS(=O)(=O)N1CCc2nc(N3CCN(C)CC3)nc(Oc3cccc(OC)c3)c2C1. The number of likely N-dealkylation sites (N-methyl/N-ethyl adjacent to an activating group) is 1. The van der Waals surface area contributed by atoms with Gasteiger partial charge >= 0.3 is 0 Å². The molecule has 1 aromatic carbocycles. The highest BCUT2D eigenvalue weighted by Gasteiger charge is 2.31. The Morgan fingerprint density at radius 1 is 1.06 bits per heavy atom. The number of anilines is 1. The molecule has 31 heavy (non-hydrogen) atoms. The lowest BCUT2D eigenvalue weighted by Crippen LogP contribution is -2.45. The fraction of sp³-hybridized carbons (Fsp3) is 0.524. The van der Waals surface area contributed by atoms with Crippen LogP contribution < -0.4 is 14.4 Å². The van der Waals surface area contributed by atoms with Crippen LogP contribution in [0.3, 0.4) is 0 Å². The van der Waals surface area contributed by atoms with Gasteiger partial charge in [-0.2, -0.15) is 9.29 Å². The van der Waals surface area contributed by atoms with Crippen LogP contribution in [0.2, 0.25) is 0 Å². The first kappa shape index (κ1) is 21.8. The summed E-state index contributed by atoms with van der Waals surface area (Å²) in [5.74, 6) is 2.36. The Balaban J connectivity index is 1.71. The summed E-state index contributed by atoms with van der Waals surface area (Å²) in [6.07, 6.45) is 0.534. The number of hydrogen-bond donors (Lipinski definition) is 0. The third-order valence-electron chi connectivity index (χ3n) is 5.78. The highest BCUT2D eigenvalue weighted by Crippen LogP contribution is 2.33. The molecular weight excluding hydrogens is 418 g/mol. The molecule has 2 aliphatic heterocycles. The zero-order valence-corrected chi connectivity index (χ0v) is 19.1. The monoisotopic (exact) mass is 447 g/mol. The fourth-order valence-electron chi connectivity index (χ4n) is 3.78. The lowest BCUT2D eigenvalue weighted by atomic mass is 10.1. The number of fused-ring (bicyclic) bond motifs is 1. The van der Waals surface area contributed by atoms with E-state index in [1.165, 1.54) is 4.31 Å². The highest BCUT2D eigenvalue weighted by atomic mass is 32.2. The van der Waals surface area contributed by atoms with Crippen LogP contribution in [-0.2, 0) is 23.0 Å². The molecule has 9 nitrogen and oxygen atoms in total. The molecule has 0 bridgehead atoms. The van der Waals surface area contributed by atoms with Crippen molar-refractivity contribution in [2.24, 2.45) is 0 Å². The van der Waals surface area contributed by atoms with Gasteiger partial charge in [-0.3, -0.25) is 0 Å². The van der Waals surface area contributed by atoms with Crippen LogP contribution >= 0.6 is 0 Å². The lowest BCUT2D eigenvalue weighted by molar-refractivity contribution is 0.310. The summed E-state index contributed by atoms with van der Waals surface area (Å²) in [4.78, 5) is 14.0. The van der Waals surface area contributed by atoms with E-state index in [9.17, 15) is 8.42 Å². The molecule has 0 aliphatic carbocycles. The summed E-state index contributed by atoms with van der Waals surface area (Å²) in [6, 6.07) is 7.30. The van der Waals surface area contributed by atoms with Crippen molar-refractivity contribution in [1.82, 2.24) is 19.2 Å². The molecule has 0 amide bonds. The predicted molar refractivity (Wildman–Crippen MR) is 118 cm³/mol. The van der Waals surface area contributed by atoms with Crippen LogP contribution in [0, 0.1) is 0 Å². The van der Waals surface area contributed by atoms with Crippen molar-refractivity contribution in [3.63, 3.8) is 0 Å². The van der Waals surface area contributed by atoms with E-state index in [1.54, 1.807) is 20.1 Å². The molecule has 168 valence electrons. The van der Waals surface area contributed by atoms with Gasteiger partial charge in [0.2, 0.25) is 21.9 Å². The quantitative estimate of drug-likeness (QED) is 0.662. The second-order valence-corrected chi connectivity index (χ2v) is 10.1. The number of sulfonamides is 1. The Bertz CT molecular complexity index is 1040. The van der Waals surface area contributed by atoms with Crippen molar-refractivity contribution in [2.75, 3.05) is 57.5 Å². The minimum atomic E-state index is -3.31. The minimum absolute atomic E-state index is 0.0641. The number of aromatic nitrogens is 2. The molecule has 0 spiro atoms. The number of nitrogens with zero attached hydrogens (tertiary/aromatic N) is 5. The number of hydrogen-bond acceptors (Lipinski definition) is 8. The smallest absolute Gasteiger partial charge is 0.228 e. The highest BCUT2D eigenvalue weighted by molar-refractivity contribution is 7.89. The van der Waals surface area contributed by atoms with Gasteiger partial charge in [-0.1, -0.05) is 6.07 Å². The lowest BCUT2D eigenvalue weighted by Gasteiger charge is -2.34. The van der Waals surface area contributed by atoms with Gasteiger partial charge in [-0.25, -0.2) is 13.4 Å². The number of methoxy groups -OCH3 is 1. The zero-order valence-electron chi connectivity index (χ0n) is 18.2. The van der Waals surface area contributed by atoms with E-state index in [1.807, 2.05) is 18.2 Å². The zero-order chi connectivity index (χ0) is 22.0. The number of rotatable bonds is 6. The first-order valence-corrected chi connectivity index (χ1v) is 12.1. The molecule has 3 heterocycles. The van der Waals surface area contributed by atoms with Crippen molar-refractivity contribution in [1.29, 1.82) is 0 Å². The minimum Gasteiger partial charge on any atom is -0.497 e. The van der Waals surface area contributed by atoms with Gasteiger partial charge in [-0.05, 0) is 26.1 Å². The average molecular weight is 448 g/mol. The van der Waals surface area contributed by atoms with Gasteiger partial charge in [0.1, 0.15) is 11.5 Å². The van der Waals surface area contributed by atoms with Gasteiger partial charge in [0.25, 0.3) is 0 Å². The molecule has 2 aliphatic rings. The molecule has 1 fully saturated rings. The maximum Gasteiger partial charge on any atom is 0.228 e. The normalized spacial score (nSPS) is 18.0. The van der Waals surface area contributed by atoms with E-state index >= 15 is 0 Å². The van der Waals surface area contributed by atoms with Crippen LogP contribution in [0.1, 0.15) is 18.2 Å². The van der Waals surface area contributed by atoms with Crippen LogP contribution in [0.25, 0.3) is 0 Å². The molecule has 0 saturated carbocycles. The van der Waals surface area contributed by atoms with Crippen LogP contribution in [0.5, 0.6) is 17.4 Å². The first-order valence-electron chi connectivity index (χ1n) is 10.5. The van der Waals surface area contributed by atoms with Gasteiger partial charge in [0.05, 0.1) is 24.1 Å². The summed E-state index contributed by atoms with van der Waals surface area (Å²) in [5.41, 5.74) is 1.58. The summed E-state index contributed by atoms with van der Waals surface area (Å²) < 4.78 is 37.9. The summed E-state index contributed by atoms with van der Waals surface area (Å²) >= 11 is 0. The molecule has 0 radical (unpaired) electrons. The predicted octanol–water partition coefficient (Wildman–Crippen LogP) is 1.74. The summed E-state index contributed by atoms with van der Waals surface area (Å²) in [7, 11) is 0.389. The Hall–Kier alpha value is -2.43. The Morgan fingerprint density at radius 2 is 1.81 bits per heavy atom. The van der Waals surface area contributed by atoms with E-state index < -0.39 is 10.0 Å². The molecule has 0 N–H and O–H groups in total. The number of piperazine rings is 1. The molecule has 2 aromatic rings. The van der Waals surface area contributed by atoms with Gasteiger partial charge in [-0.15, -0.1) is 0 Å². The van der Waals surface area contributed by atoms with Crippen molar-refractivity contribution >= 4 is 16.0 Å². The molecule has 1 saturated heterocycles. The topological polar surface area (TPSA) is 88.1 Å². The molecule has 0 unspecified atom stereocenters. The van der Waals surface area contributed by atoms with Crippen LogP contribution in [-0.4, -0.2) is 80.2 Å². The first-order chi connectivity index (χ1) is 14.9. The third-order valence-corrected chi connectivity index (χ3v) is 7.60. The summed E-state index contributed by atoms with van der Waals surface area (Å²) in [6.45, 7) is 5.85. The standard InChI is InChI=1S/C21H29N5O4S/c1-4-31(27,28)26-9-8-19-18(15-26)20(30-17-7-5-6-16(14-17)29-3)23-21(22-19)25-12-10-24(2)11-13-25/h5-7,14H,4,8-13,15H2,1-3H3. The Morgan fingerprint density at radius 3 is 2.52 bits per heavy atom. The van der Waals surface area contributed by atoms with Gasteiger partial charge in [0, 0.05) is 51.8 Å². The van der Waals surface area contributed by atoms with Crippen LogP contribution in [0.15, 0.2) is 24.3 Å². The maximum atomic E-state index is 12.5. The number of benzene rings is 1. The van der Waals surface area contributed by atoms with E-state index in [4.69, 9.17) is 19.4 Å². The van der Waals surface area contributed by atoms with Crippen LogP contribution in [0.4, 0.5) is 5.95 Å². The molecule has 4 rings (SSSR count). The van der Waals surface area contributed by atoms with E-state index in [0.29, 0.717) is 36.3 Å². The molecule has 10 heteroatoms. The second-order valence-electron chi connectivity index (χ2n) is 7.81. The fourth-order valence-corrected chi connectivity index (χ4v) is 4.84. The summed E-state index contributed by atoms with van der Waals surface area (Å²) in [5, 5.41) is 0. The van der Waals surface area contributed by atoms with Gasteiger partial charge < -0.3 is 19.3 Å². The van der Waals surface area contributed by atoms with E-state index in [-0.39, 0.29) is 12.3 Å². The van der Waals surface area contributed by atoms with Crippen molar-refractivity contribution < 1.29 is 17.9 Å². The molecule has 0 atom stereocenters. The largest absolute Gasteiger partial charge is 0.497 e. The van der Waals surface area contributed by atoms with Gasteiger partial charge in [0.15, 0.2) is 0 Å². The van der Waals surface area contributed by atoms with Crippen molar-refractivity contribution in [2.45, 2.75) is 19.9 Å². The number of ether oxygens (including phenoxy) is 2. The molecular formula is C21H29N5O4S. The Labute approximate surface area is 183 Å². The Kier molecular flexibility index (Phi) is 6.31. The maximum absolute atomic E-state index is 12.5. The third kappa shape index (κ3) is 4.76. The second kappa shape index (κ2) is 8.97. The average Bonchev–Trinajstić information content (AvgIpc) is 2.79. The van der Waals surface area contributed by atoms with E-state index in [0.717, 1.165) is 37.4 Å². The van der Waals surface area contributed by atoms with Crippen molar-refractivity contribution in [3.8, 4) is 17.4 Å². The van der Waals surface area contributed by atoms with Crippen molar-refractivity contribution in [3.05, 3.63) is 35.5 Å².